The molecule has 5 nitrogen and oxygen atoms in total. The number of aromatic nitrogens is 1. The summed E-state index contributed by atoms with van der Waals surface area (Å²) >= 11 is 1.59. The van der Waals surface area contributed by atoms with Crippen LogP contribution in [0.3, 0.4) is 0 Å². The maximum atomic E-state index is 12.5. The number of hydrogen-bond donors (Lipinski definition) is 0. The summed E-state index contributed by atoms with van der Waals surface area (Å²) in [6.45, 7) is 6.26. The van der Waals surface area contributed by atoms with Gasteiger partial charge in [-0.15, -0.1) is 11.8 Å². The van der Waals surface area contributed by atoms with Crippen LogP contribution in [0.15, 0.2) is 41.3 Å². The highest BCUT2D eigenvalue weighted by atomic mass is 32.2. The molecule has 0 N–H and O–H groups in total. The molecule has 2 rings (SSSR count). The molecule has 1 heterocycles. The molecule has 2 aromatic rings. The van der Waals surface area contributed by atoms with E-state index in [1.165, 1.54) is 0 Å². The number of Topliss-reactive ketones (excluding diaryl/α,β-unsaturated/α-hetero) is 1. The molecule has 0 aliphatic rings. The Bertz CT molecular complexity index is 770. The number of ketones is 1. The van der Waals surface area contributed by atoms with E-state index in [0.717, 1.165) is 16.3 Å². The standard InChI is InChI=1S/C21H27NO4S/c1-15-12-19(17(3)22(15)16(2)13-25-4)20(23)14-26-21(24)10-11-27-18-8-6-5-7-9-18/h5-9,12,16H,10-11,13-14H2,1-4H3. The summed E-state index contributed by atoms with van der Waals surface area (Å²) < 4.78 is 12.5. The highest BCUT2D eigenvalue weighted by Crippen LogP contribution is 2.21. The lowest BCUT2D eigenvalue weighted by Crippen LogP contribution is -2.17. The van der Waals surface area contributed by atoms with Gasteiger partial charge in [-0.2, -0.15) is 0 Å². The van der Waals surface area contributed by atoms with E-state index in [2.05, 4.69) is 4.57 Å². The molecule has 27 heavy (non-hydrogen) atoms. The van der Waals surface area contributed by atoms with E-state index in [1.54, 1.807) is 18.9 Å². The van der Waals surface area contributed by atoms with Crippen molar-refractivity contribution < 1.29 is 19.1 Å². The molecule has 146 valence electrons. The molecule has 0 spiro atoms. The quantitative estimate of drug-likeness (QED) is 0.346. The minimum atomic E-state index is -0.353. The Morgan fingerprint density at radius 3 is 2.56 bits per heavy atom. The van der Waals surface area contributed by atoms with Crippen LogP contribution in [0.25, 0.3) is 0 Å². The average molecular weight is 390 g/mol. The molecule has 0 amide bonds. The van der Waals surface area contributed by atoms with Gasteiger partial charge in [0.1, 0.15) is 0 Å². The van der Waals surface area contributed by atoms with E-state index in [0.29, 0.717) is 17.9 Å². The smallest absolute Gasteiger partial charge is 0.307 e. The average Bonchev–Trinajstić information content (AvgIpc) is 2.95. The summed E-state index contributed by atoms with van der Waals surface area (Å²) in [5, 5.41) is 0. The van der Waals surface area contributed by atoms with Crippen LogP contribution in [0, 0.1) is 13.8 Å². The Morgan fingerprint density at radius 1 is 1.19 bits per heavy atom. The maximum Gasteiger partial charge on any atom is 0.307 e. The van der Waals surface area contributed by atoms with E-state index in [9.17, 15) is 9.59 Å². The number of hydrogen-bond acceptors (Lipinski definition) is 5. The van der Waals surface area contributed by atoms with Crippen LogP contribution in [0.5, 0.6) is 0 Å². The number of rotatable bonds is 10. The zero-order valence-electron chi connectivity index (χ0n) is 16.4. The summed E-state index contributed by atoms with van der Waals surface area (Å²) in [7, 11) is 1.66. The molecule has 0 aliphatic carbocycles. The molecule has 0 radical (unpaired) electrons. The second-order valence-electron chi connectivity index (χ2n) is 6.45. The van der Waals surface area contributed by atoms with Crippen LogP contribution in [0.2, 0.25) is 0 Å². The number of esters is 1. The molecule has 0 saturated carbocycles. The summed E-state index contributed by atoms with van der Waals surface area (Å²) in [5.41, 5.74) is 2.46. The number of ether oxygens (including phenoxy) is 2. The zero-order valence-corrected chi connectivity index (χ0v) is 17.2. The normalized spacial score (nSPS) is 12.0. The Kier molecular flexibility index (Phi) is 8.13. The zero-order chi connectivity index (χ0) is 19.8. The monoisotopic (exact) mass is 389 g/mol. The van der Waals surface area contributed by atoms with Crippen molar-refractivity contribution >= 4 is 23.5 Å². The van der Waals surface area contributed by atoms with Crippen LogP contribution >= 0.6 is 11.8 Å². The first-order chi connectivity index (χ1) is 12.9. The number of thioether (sulfide) groups is 1. The van der Waals surface area contributed by atoms with Crippen molar-refractivity contribution in [2.24, 2.45) is 0 Å². The molecule has 1 aromatic carbocycles. The third-order valence-corrected chi connectivity index (χ3v) is 5.33. The maximum absolute atomic E-state index is 12.5. The number of nitrogens with zero attached hydrogens (tertiary/aromatic N) is 1. The predicted molar refractivity (Wildman–Crippen MR) is 108 cm³/mol. The first-order valence-corrected chi connectivity index (χ1v) is 9.96. The van der Waals surface area contributed by atoms with E-state index in [1.807, 2.05) is 57.2 Å². The number of aryl methyl sites for hydroxylation is 1. The number of carbonyl (C=O) groups is 2. The molecule has 1 unspecified atom stereocenters. The number of carbonyl (C=O) groups excluding carboxylic acids is 2. The molecule has 0 bridgehead atoms. The van der Waals surface area contributed by atoms with E-state index in [4.69, 9.17) is 9.47 Å². The molecule has 0 fully saturated rings. The second kappa shape index (κ2) is 10.3. The Balaban J connectivity index is 1.84. The van der Waals surface area contributed by atoms with Crippen molar-refractivity contribution in [1.29, 1.82) is 0 Å². The van der Waals surface area contributed by atoms with Crippen molar-refractivity contribution in [3.8, 4) is 0 Å². The molecule has 6 heteroatoms. The van der Waals surface area contributed by atoms with Gasteiger partial charge in [0, 0.05) is 34.7 Å². The molecule has 0 saturated heterocycles. The fourth-order valence-electron chi connectivity index (χ4n) is 3.12. The van der Waals surface area contributed by atoms with Gasteiger partial charge in [0.2, 0.25) is 5.78 Å². The lowest BCUT2D eigenvalue weighted by atomic mass is 10.1. The van der Waals surface area contributed by atoms with Gasteiger partial charge < -0.3 is 14.0 Å². The Labute approximate surface area is 165 Å². The van der Waals surface area contributed by atoms with Gasteiger partial charge in [0.05, 0.1) is 19.1 Å². The highest BCUT2D eigenvalue weighted by Gasteiger charge is 2.19. The van der Waals surface area contributed by atoms with E-state index >= 15 is 0 Å². The lowest BCUT2D eigenvalue weighted by Gasteiger charge is -2.17. The van der Waals surface area contributed by atoms with Crippen LogP contribution in [0.1, 0.15) is 41.1 Å². The van der Waals surface area contributed by atoms with Crippen molar-refractivity contribution in [3.63, 3.8) is 0 Å². The van der Waals surface area contributed by atoms with Gasteiger partial charge in [-0.3, -0.25) is 9.59 Å². The van der Waals surface area contributed by atoms with Crippen molar-refractivity contribution in [3.05, 3.63) is 53.3 Å². The van der Waals surface area contributed by atoms with Crippen LogP contribution in [-0.4, -0.2) is 42.4 Å². The summed E-state index contributed by atoms with van der Waals surface area (Å²) in [6, 6.07) is 11.9. The van der Waals surface area contributed by atoms with Gasteiger partial charge in [0.15, 0.2) is 6.61 Å². The predicted octanol–water partition coefficient (Wildman–Crippen LogP) is 4.22. The van der Waals surface area contributed by atoms with Gasteiger partial charge in [-0.05, 0) is 39.0 Å². The minimum Gasteiger partial charge on any atom is -0.457 e. The number of benzene rings is 1. The van der Waals surface area contributed by atoms with Gasteiger partial charge in [-0.1, -0.05) is 18.2 Å². The third-order valence-electron chi connectivity index (χ3n) is 4.32. The first-order valence-electron chi connectivity index (χ1n) is 8.98. The topological polar surface area (TPSA) is 57.5 Å². The lowest BCUT2D eigenvalue weighted by molar-refractivity contribution is -0.141. The highest BCUT2D eigenvalue weighted by molar-refractivity contribution is 7.99. The van der Waals surface area contributed by atoms with Crippen molar-refractivity contribution in [2.45, 2.75) is 38.1 Å². The third kappa shape index (κ3) is 5.97. The van der Waals surface area contributed by atoms with Gasteiger partial charge in [-0.25, -0.2) is 0 Å². The van der Waals surface area contributed by atoms with Crippen LogP contribution < -0.4 is 0 Å². The van der Waals surface area contributed by atoms with E-state index < -0.39 is 0 Å². The second-order valence-corrected chi connectivity index (χ2v) is 7.62. The fraction of sp³-hybridized carbons (Fsp3) is 0.429. The SMILES string of the molecule is COCC(C)n1c(C)cc(C(=O)COC(=O)CCSc2ccccc2)c1C. The van der Waals surface area contributed by atoms with E-state index in [-0.39, 0.29) is 30.8 Å². The molecule has 1 aromatic heterocycles. The summed E-state index contributed by atoms with van der Waals surface area (Å²) in [5.74, 6) is 0.0939. The van der Waals surface area contributed by atoms with Crippen LogP contribution in [0.4, 0.5) is 0 Å². The first kappa shape index (κ1) is 21.3. The van der Waals surface area contributed by atoms with Crippen molar-refractivity contribution in [1.82, 2.24) is 4.57 Å². The Morgan fingerprint density at radius 2 is 1.89 bits per heavy atom. The molecular weight excluding hydrogens is 362 g/mol. The van der Waals surface area contributed by atoms with Gasteiger partial charge >= 0.3 is 5.97 Å². The summed E-state index contributed by atoms with van der Waals surface area (Å²) in [6.07, 6.45) is 0.275. The Hall–Kier alpha value is -2.05. The summed E-state index contributed by atoms with van der Waals surface area (Å²) in [4.78, 5) is 25.5. The van der Waals surface area contributed by atoms with Crippen molar-refractivity contribution in [2.75, 3.05) is 26.1 Å². The fourth-order valence-corrected chi connectivity index (χ4v) is 3.97. The number of methoxy groups -OCH3 is 1. The molecular formula is C21H27NO4S. The minimum absolute atomic E-state index is 0.133. The molecule has 0 aliphatic heterocycles. The largest absolute Gasteiger partial charge is 0.457 e. The van der Waals surface area contributed by atoms with Crippen LogP contribution in [-0.2, 0) is 14.3 Å². The van der Waals surface area contributed by atoms with Gasteiger partial charge in [0.25, 0.3) is 0 Å². The molecule has 1 atom stereocenters.